The Hall–Kier alpha value is -0.560. The molecule has 0 aliphatic heterocycles. The molecule has 0 aromatic rings. The van der Waals surface area contributed by atoms with Crippen LogP contribution in [0.15, 0.2) is 35.2 Å². The molecule has 0 unspecified atom stereocenters. The van der Waals surface area contributed by atoms with Crippen LogP contribution in [0.5, 0.6) is 0 Å². The molecule has 0 spiro atoms. The molecule has 1 rings (SSSR count). The van der Waals surface area contributed by atoms with Gasteiger partial charge in [-0.2, -0.15) is 0 Å². The van der Waals surface area contributed by atoms with Crippen LogP contribution in [0.3, 0.4) is 0 Å². The van der Waals surface area contributed by atoms with E-state index in [1.54, 1.807) is 12.2 Å². The van der Waals surface area contributed by atoms with Crippen molar-refractivity contribution in [1.82, 2.24) is 0 Å². The maximum absolute atomic E-state index is 12.5. The van der Waals surface area contributed by atoms with E-state index < -0.39 is 0 Å². The summed E-state index contributed by atoms with van der Waals surface area (Å²) in [5.41, 5.74) is 0. The minimum absolute atomic E-state index is 0.278. The number of hydrogen-bond donors (Lipinski definition) is 0. The van der Waals surface area contributed by atoms with Gasteiger partial charge in [-0.25, -0.2) is 4.39 Å². The van der Waals surface area contributed by atoms with Gasteiger partial charge < -0.3 is 0 Å². The molecule has 9 heavy (non-hydrogen) atoms. The lowest BCUT2D eigenvalue weighted by Crippen LogP contribution is -1.70. The second-order valence-electron chi connectivity index (χ2n) is 1.74. The first-order valence-corrected chi connectivity index (χ1v) is 3.06. The summed E-state index contributed by atoms with van der Waals surface area (Å²) in [5, 5.41) is 0.278. The average molecular weight is 145 g/mol. The second-order valence-corrected chi connectivity index (χ2v) is 2.20. The lowest BCUT2D eigenvalue weighted by Gasteiger charge is -1.88. The Kier molecular flexibility index (Phi) is 2.06. The fourth-order valence-electron chi connectivity index (χ4n) is 0.578. The van der Waals surface area contributed by atoms with Gasteiger partial charge in [-0.15, -0.1) is 0 Å². The zero-order chi connectivity index (χ0) is 6.69. The first-order valence-electron chi connectivity index (χ1n) is 2.68. The number of halogens is 2. The molecule has 1 aliphatic rings. The van der Waals surface area contributed by atoms with Crippen molar-refractivity contribution in [2.24, 2.45) is 0 Å². The van der Waals surface area contributed by atoms with Gasteiger partial charge in [0.15, 0.2) is 0 Å². The van der Waals surface area contributed by atoms with Crippen LogP contribution in [0.4, 0.5) is 4.39 Å². The van der Waals surface area contributed by atoms with Gasteiger partial charge >= 0.3 is 0 Å². The van der Waals surface area contributed by atoms with Gasteiger partial charge in [0.1, 0.15) is 5.83 Å². The van der Waals surface area contributed by atoms with Crippen LogP contribution in [0, 0.1) is 0 Å². The molecule has 0 amide bonds. The molecule has 0 bridgehead atoms. The predicted octanol–water partition coefficient (Wildman–Crippen LogP) is 2.92. The van der Waals surface area contributed by atoms with Crippen molar-refractivity contribution >= 4 is 11.6 Å². The minimum Gasteiger partial charge on any atom is -0.206 e. The molecule has 0 radical (unpaired) electrons. The molecule has 0 fully saturated rings. The van der Waals surface area contributed by atoms with Gasteiger partial charge in [0, 0.05) is 6.42 Å². The normalized spacial score (nSPS) is 18.4. The monoisotopic (exact) mass is 144 g/mol. The summed E-state index contributed by atoms with van der Waals surface area (Å²) in [6.07, 6.45) is 7.07. The number of hydrogen-bond acceptors (Lipinski definition) is 0. The largest absolute Gasteiger partial charge is 0.206 e. The predicted molar refractivity (Wildman–Crippen MR) is 36.9 cm³/mol. The van der Waals surface area contributed by atoms with E-state index in [1.165, 1.54) is 6.08 Å². The summed E-state index contributed by atoms with van der Waals surface area (Å²) in [4.78, 5) is 0. The second kappa shape index (κ2) is 2.83. The first-order chi connectivity index (χ1) is 4.30. The lowest BCUT2D eigenvalue weighted by molar-refractivity contribution is 0.660. The standard InChI is InChI=1S/C7H6ClF/c8-6-4-2-1-3-5-7(6)9/h1-3,5H,4H2. The van der Waals surface area contributed by atoms with Gasteiger partial charge in [0.25, 0.3) is 0 Å². The fraction of sp³-hybridized carbons (Fsp3) is 0.143. The van der Waals surface area contributed by atoms with Crippen molar-refractivity contribution in [3.8, 4) is 0 Å². The SMILES string of the molecule is FC1=C(Cl)CC=CC=C1. The van der Waals surface area contributed by atoms with Crippen LogP contribution in [-0.2, 0) is 0 Å². The summed E-state index contributed by atoms with van der Waals surface area (Å²) in [7, 11) is 0. The minimum atomic E-state index is -0.332. The third-order valence-corrected chi connectivity index (χ3v) is 1.38. The van der Waals surface area contributed by atoms with Crippen molar-refractivity contribution in [2.75, 3.05) is 0 Å². The van der Waals surface area contributed by atoms with Crippen LogP contribution in [-0.4, -0.2) is 0 Å². The maximum atomic E-state index is 12.5. The summed E-state index contributed by atoms with van der Waals surface area (Å²) >= 11 is 5.47. The summed E-state index contributed by atoms with van der Waals surface area (Å²) < 4.78 is 12.5. The fourth-order valence-corrected chi connectivity index (χ4v) is 0.730. The number of rotatable bonds is 0. The van der Waals surface area contributed by atoms with Gasteiger partial charge in [0.2, 0.25) is 0 Å². The molecule has 0 heterocycles. The molecule has 0 atom stereocenters. The molecule has 0 N–H and O–H groups in total. The molecule has 0 aromatic heterocycles. The molecular formula is C7H6ClF. The first kappa shape index (κ1) is 6.56. The van der Waals surface area contributed by atoms with Crippen molar-refractivity contribution in [3.63, 3.8) is 0 Å². The van der Waals surface area contributed by atoms with Crippen molar-refractivity contribution in [2.45, 2.75) is 6.42 Å². The molecule has 1 aliphatic carbocycles. The van der Waals surface area contributed by atoms with Crippen LogP contribution < -0.4 is 0 Å². The Morgan fingerprint density at radius 2 is 2.22 bits per heavy atom. The zero-order valence-corrected chi connectivity index (χ0v) is 5.53. The Morgan fingerprint density at radius 3 is 3.00 bits per heavy atom. The van der Waals surface area contributed by atoms with Crippen LogP contribution in [0.1, 0.15) is 6.42 Å². The third-order valence-electron chi connectivity index (χ3n) is 1.05. The van der Waals surface area contributed by atoms with E-state index in [1.807, 2.05) is 6.08 Å². The highest BCUT2D eigenvalue weighted by Crippen LogP contribution is 2.18. The van der Waals surface area contributed by atoms with E-state index in [4.69, 9.17) is 11.6 Å². The van der Waals surface area contributed by atoms with Crippen LogP contribution in [0.25, 0.3) is 0 Å². The molecule has 0 saturated heterocycles. The Balaban J connectivity index is 2.85. The maximum Gasteiger partial charge on any atom is 0.137 e. The summed E-state index contributed by atoms with van der Waals surface area (Å²) in [6, 6.07) is 0. The topological polar surface area (TPSA) is 0 Å². The Bertz CT molecular complexity index is 189. The highest BCUT2D eigenvalue weighted by molar-refractivity contribution is 6.30. The van der Waals surface area contributed by atoms with Crippen LogP contribution in [0.2, 0.25) is 0 Å². The summed E-state index contributed by atoms with van der Waals surface area (Å²) in [6.45, 7) is 0. The van der Waals surface area contributed by atoms with Gasteiger partial charge in [0.05, 0.1) is 5.03 Å². The van der Waals surface area contributed by atoms with E-state index in [2.05, 4.69) is 0 Å². The van der Waals surface area contributed by atoms with Crippen molar-refractivity contribution in [1.29, 1.82) is 0 Å². The van der Waals surface area contributed by atoms with Gasteiger partial charge in [-0.3, -0.25) is 0 Å². The van der Waals surface area contributed by atoms with Crippen molar-refractivity contribution in [3.05, 3.63) is 35.2 Å². The average Bonchev–Trinajstić information content (AvgIpc) is 1.99. The highest BCUT2D eigenvalue weighted by Gasteiger charge is 1.98. The third kappa shape index (κ3) is 1.68. The quantitative estimate of drug-likeness (QED) is 0.491. The zero-order valence-electron chi connectivity index (χ0n) is 4.77. The Morgan fingerprint density at radius 1 is 1.44 bits per heavy atom. The Labute approximate surface area is 58.3 Å². The molecule has 0 saturated carbocycles. The highest BCUT2D eigenvalue weighted by atomic mass is 35.5. The number of allylic oxidation sites excluding steroid dienone is 6. The lowest BCUT2D eigenvalue weighted by atomic mass is 10.4. The van der Waals surface area contributed by atoms with E-state index >= 15 is 0 Å². The van der Waals surface area contributed by atoms with E-state index in [9.17, 15) is 4.39 Å². The van der Waals surface area contributed by atoms with Crippen LogP contribution >= 0.6 is 11.6 Å². The smallest absolute Gasteiger partial charge is 0.137 e. The molecule has 2 heteroatoms. The molecule has 0 nitrogen and oxygen atoms in total. The van der Waals surface area contributed by atoms with E-state index in [-0.39, 0.29) is 10.9 Å². The van der Waals surface area contributed by atoms with Gasteiger partial charge in [-0.05, 0) is 6.08 Å². The summed E-state index contributed by atoms with van der Waals surface area (Å²) in [5.74, 6) is -0.332. The molecule has 48 valence electrons. The van der Waals surface area contributed by atoms with E-state index in [0.29, 0.717) is 6.42 Å². The van der Waals surface area contributed by atoms with Crippen molar-refractivity contribution < 1.29 is 4.39 Å². The van der Waals surface area contributed by atoms with E-state index in [0.717, 1.165) is 0 Å². The van der Waals surface area contributed by atoms with Gasteiger partial charge in [-0.1, -0.05) is 29.8 Å². The molecular weight excluding hydrogens is 139 g/mol. The molecule has 0 aromatic carbocycles.